The maximum absolute atomic E-state index is 6.03. The molecule has 0 amide bonds. The Labute approximate surface area is 114 Å². The van der Waals surface area contributed by atoms with Gasteiger partial charge in [0.25, 0.3) is 0 Å². The van der Waals surface area contributed by atoms with Gasteiger partial charge in [0.15, 0.2) is 0 Å². The zero-order valence-electron chi connectivity index (χ0n) is 13.2. The second-order valence-corrected chi connectivity index (χ2v) is 7.34. The van der Waals surface area contributed by atoms with Crippen LogP contribution in [0.5, 0.6) is 0 Å². The fraction of sp³-hybridized carbons (Fsp3) is 1.00. The van der Waals surface area contributed by atoms with Crippen LogP contribution in [0.3, 0.4) is 0 Å². The molecule has 108 valence electrons. The van der Waals surface area contributed by atoms with Crippen LogP contribution in [0.1, 0.15) is 66.2 Å². The van der Waals surface area contributed by atoms with Gasteiger partial charge in [-0.05, 0) is 31.7 Å². The van der Waals surface area contributed by atoms with Crippen molar-refractivity contribution >= 4 is 0 Å². The molecule has 2 atom stereocenters. The molecule has 2 unspecified atom stereocenters. The molecule has 1 saturated carbocycles. The molecular weight excluding hydrogens is 220 g/mol. The van der Waals surface area contributed by atoms with E-state index < -0.39 is 0 Å². The predicted octanol–water partition coefficient (Wildman–Crippen LogP) is 3.65. The minimum Gasteiger partial charge on any atom is -0.329 e. The third-order valence-corrected chi connectivity index (χ3v) is 5.04. The van der Waals surface area contributed by atoms with Gasteiger partial charge in [0.05, 0.1) is 0 Å². The maximum atomic E-state index is 6.03. The first-order valence-corrected chi connectivity index (χ1v) is 7.78. The topological polar surface area (TPSA) is 29.3 Å². The van der Waals surface area contributed by atoms with Gasteiger partial charge in [-0.2, -0.15) is 0 Å². The van der Waals surface area contributed by atoms with E-state index in [1.165, 1.54) is 38.5 Å². The summed E-state index contributed by atoms with van der Waals surface area (Å²) < 4.78 is 0. The molecule has 0 aromatic rings. The summed E-state index contributed by atoms with van der Waals surface area (Å²) in [7, 11) is 2.26. The highest BCUT2D eigenvalue weighted by Gasteiger charge is 2.29. The largest absolute Gasteiger partial charge is 0.329 e. The molecule has 2 heteroatoms. The Morgan fingerprint density at radius 1 is 1.17 bits per heavy atom. The Balaban J connectivity index is 2.53. The van der Waals surface area contributed by atoms with E-state index >= 15 is 0 Å². The first-order valence-electron chi connectivity index (χ1n) is 7.78. The average molecular weight is 254 g/mol. The van der Waals surface area contributed by atoms with Crippen molar-refractivity contribution in [3.05, 3.63) is 0 Å². The molecule has 0 aliphatic heterocycles. The van der Waals surface area contributed by atoms with Gasteiger partial charge in [0.2, 0.25) is 0 Å². The number of nitrogens with zero attached hydrogens (tertiary/aromatic N) is 1. The first kappa shape index (κ1) is 16.0. The van der Waals surface area contributed by atoms with Gasteiger partial charge in [-0.25, -0.2) is 0 Å². The smallest absolute Gasteiger partial charge is 0.0221 e. The van der Waals surface area contributed by atoms with Crippen molar-refractivity contribution < 1.29 is 0 Å². The zero-order chi connectivity index (χ0) is 13.8. The zero-order valence-corrected chi connectivity index (χ0v) is 13.2. The highest BCUT2D eigenvalue weighted by atomic mass is 15.2. The second kappa shape index (κ2) is 6.91. The molecule has 2 nitrogen and oxygen atoms in total. The molecule has 2 N–H and O–H groups in total. The van der Waals surface area contributed by atoms with Crippen molar-refractivity contribution in [2.24, 2.45) is 17.1 Å². The van der Waals surface area contributed by atoms with Gasteiger partial charge in [-0.15, -0.1) is 0 Å². The molecule has 1 rings (SSSR count). The van der Waals surface area contributed by atoms with Crippen LogP contribution < -0.4 is 5.73 Å². The average Bonchev–Trinajstić information content (AvgIpc) is 2.34. The molecule has 0 heterocycles. The number of likely N-dealkylation sites (N-methyl/N-ethyl adjacent to an activating group) is 1. The normalized spacial score (nSPS) is 22.2. The van der Waals surface area contributed by atoms with Crippen LogP contribution in [0.4, 0.5) is 0 Å². The summed E-state index contributed by atoms with van der Waals surface area (Å²) in [5.41, 5.74) is 6.36. The summed E-state index contributed by atoms with van der Waals surface area (Å²) in [6, 6.07) is 1.14. The summed E-state index contributed by atoms with van der Waals surface area (Å²) in [5, 5.41) is 0. The van der Waals surface area contributed by atoms with Crippen LogP contribution in [0.15, 0.2) is 0 Å². The van der Waals surface area contributed by atoms with Crippen molar-refractivity contribution in [1.82, 2.24) is 4.90 Å². The standard InChI is InChI=1S/C16H34N2/c1-13(16(2,3)4)18(5)15(12-17)11-14-9-7-6-8-10-14/h13-15H,6-12,17H2,1-5H3. The number of hydrogen-bond donors (Lipinski definition) is 1. The third-order valence-electron chi connectivity index (χ3n) is 5.04. The summed E-state index contributed by atoms with van der Waals surface area (Å²) in [6.45, 7) is 10.1. The van der Waals surface area contributed by atoms with Gasteiger partial charge in [-0.1, -0.05) is 52.9 Å². The van der Waals surface area contributed by atoms with E-state index in [4.69, 9.17) is 5.73 Å². The van der Waals surface area contributed by atoms with E-state index in [0.29, 0.717) is 17.5 Å². The fourth-order valence-electron chi connectivity index (χ4n) is 3.16. The van der Waals surface area contributed by atoms with E-state index in [-0.39, 0.29) is 0 Å². The molecule has 1 aliphatic rings. The highest BCUT2D eigenvalue weighted by molar-refractivity contribution is 4.84. The minimum atomic E-state index is 0.328. The van der Waals surface area contributed by atoms with E-state index in [0.717, 1.165) is 12.5 Å². The summed E-state index contributed by atoms with van der Waals surface area (Å²) >= 11 is 0. The molecule has 0 radical (unpaired) electrons. The summed E-state index contributed by atoms with van der Waals surface area (Å²) in [5.74, 6) is 0.918. The Morgan fingerprint density at radius 3 is 2.17 bits per heavy atom. The van der Waals surface area contributed by atoms with Gasteiger partial charge in [0, 0.05) is 18.6 Å². The number of nitrogens with two attached hydrogens (primary N) is 1. The molecule has 0 spiro atoms. The molecule has 1 aliphatic carbocycles. The van der Waals surface area contributed by atoms with Gasteiger partial charge in [-0.3, -0.25) is 4.90 Å². The van der Waals surface area contributed by atoms with E-state index in [1.807, 2.05) is 0 Å². The quantitative estimate of drug-likeness (QED) is 0.811. The summed E-state index contributed by atoms with van der Waals surface area (Å²) in [4.78, 5) is 2.52. The molecule has 0 aromatic carbocycles. The Kier molecular flexibility index (Phi) is 6.13. The molecular formula is C16H34N2. The SMILES string of the molecule is CC(N(C)C(CN)CC1CCCCC1)C(C)(C)C. The van der Waals surface area contributed by atoms with Crippen LogP contribution in [0.25, 0.3) is 0 Å². The van der Waals surface area contributed by atoms with Crippen molar-refractivity contribution in [1.29, 1.82) is 0 Å². The lowest BCUT2D eigenvalue weighted by molar-refractivity contribution is 0.0833. The Hall–Kier alpha value is -0.0800. The number of rotatable bonds is 5. The first-order chi connectivity index (χ1) is 8.36. The maximum Gasteiger partial charge on any atom is 0.0221 e. The fourth-order valence-corrected chi connectivity index (χ4v) is 3.16. The Bertz CT molecular complexity index is 226. The summed E-state index contributed by atoms with van der Waals surface area (Å²) in [6.07, 6.45) is 8.45. The van der Waals surface area contributed by atoms with E-state index in [9.17, 15) is 0 Å². The lowest BCUT2D eigenvalue weighted by Gasteiger charge is -2.41. The van der Waals surface area contributed by atoms with Gasteiger partial charge >= 0.3 is 0 Å². The molecule has 0 aromatic heterocycles. The lowest BCUT2D eigenvalue weighted by atomic mass is 9.82. The lowest BCUT2D eigenvalue weighted by Crippen LogP contribution is -2.49. The minimum absolute atomic E-state index is 0.328. The van der Waals surface area contributed by atoms with Crippen LogP contribution in [0, 0.1) is 11.3 Å². The molecule has 18 heavy (non-hydrogen) atoms. The van der Waals surface area contributed by atoms with Crippen molar-refractivity contribution in [2.75, 3.05) is 13.6 Å². The van der Waals surface area contributed by atoms with Crippen molar-refractivity contribution in [2.45, 2.75) is 78.3 Å². The number of hydrogen-bond acceptors (Lipinski definition) is 2. The monoisotopic (exact) mass is 254 g/mol. The Morgan fingerprint density at radius 2 is 1.72 bits per heavy atom. The van der Waals surface area contributed by atoms with Crippen LogP contribution in [-0.2, 0) is 0 Å². The molecule has 0 bridgehead atoms. The second-order valence-electron chi connectivity index (χ2n) is 7.34. The van der Waals surface area contributed by atoms with Crippen molar-refractivity contribution in [3.63, 3.8) is 0 Å². The van der Waals surface area contributed by atoms with E-state index in [2.05, 4.69) is 39.6 Å². The van der Waals surface area contributed by atoms with Gasteiger partial charge in [0.1, 0.15) is 0 Å². The van der Waals surface area contributed by atoms with Crippen molar-refractivity contribution in [3.8, 4) is 0 Å². The van der Waals surface area contributed by atoms with Gasteiger partial charge < -0.3 is 5.73 Å². The third kappa shape index (κ3) is 4.55. The molecule has 1 fully saturated rings. The molecule has 0 saturated heterocycles. The van der Waals surface area contributed by atoms with Crippen LogP contribution in [-0.4, -0.2) is 30.6 Å². The van der Waals surface area contributed by atoms with Crippen LogP contribution >= 0.6 is 0 Å². The van der Waals surface area contributed by atoms with E-state index in [1.54, 1.807) is 0 Å². The highest BCUT2D eigenvalue weighted by Crippen LogP contribution is 2.30. The predicted molar refractivity (Wildman–Crippen MR) is 80.7 cm³/mol. The van der Waals surface area contributed by atoms with Crippen LogP contribution in [0.2, 0.25) is 0 Å².